The van der Waals surface area contributed by atoms with E-state index in [2.05, 4.69) is 12.0 Å². The zero-order valence-corrected chi connectivity index (χ0v) is 11.2. The van der Waals surface area contributed by atoms with Gasteiger partial charge in [0.05, 0.1) is 5.69 Å². The lowest BCUT2D eigenvalue weighted by Crippen LogP contribution is -2.00. The van der Waals surface area contributed by atoms with Crippen molar-refractivity contribution in [1.29, 1.82) is 0 Å². The van der Waals surface area contributed by atoms with Crippen LogP contribution in [0, 0.1) is 0 Å². The number of thiophene rings is 1. The van der Waals surface area contributed by atoms with Crippen molar-refractivity contribution in [2.24, 2.45) is 0 Å². The zero-order valence-electron chi connectivity index (χ0n) is 10.3. The molecule has 2 aromatic rings. The summed E-state index contributed by atoms with van der Waals surface area (Å²) in [6.45, 7) is 3.04. The van der Waals surface area contributed by atoms with E-state index in [0.29, 0.717) is 10.8 Å². The fourth-order valence-electron chi connectivity index (χ4n) is 2.21. The van der Waals surface area contributed by atoms with Crippen LogP contribution in [-0.4, -0.2) is 20.9 Å². The maximum Gasteiger partial charge on any atom is 0.345 e. The number of carboxylic acid groups (broad SMARTS) is 1. The summed E-state index contributed by atoms with van der Waals surface area (Å²) in [5.41, 5.74) is 1.12. The van der Waals surface area contributed by atoms with E-state index >= 15 is 0 Å². The standard InChI is InChI=1S/C13H16N2O2S/c1-2-3-6-15-12-9(7-10(18-12)13(16)17)11(14-15)8-4-5-8/h7-8H,2-6H2,1H3,(H,16,17). The van der Waals surface area contributed by atoms with Gasteiger partial charge in [-0.1, -0.05) is 13.3 Å². The average Bonchev–Trinajstić information content (AvgIpc) is 2.98. The highest BCUT2D eigenvalue weighted by molar-refractivity contribution is 7.20. The molecule has 18 heavy (non-hydrogen) atoms. The number of nitrogens with zero attached hydrogens (tertiary/aromatic N) is 2. The molecule has 5 heteroatoms. The molecule has 0 radical (unpaired) electrons. The lowest BCUT2D eigenvalue weighted by atomic mass is 10.2. The maximum absolute atomic E-state index is 11.1. The van der Waals surface area contributed by atoms with Gasteiger partial charge in [0.2, 0.25) is 0 Å². The van der Waals surface area contributed by atoms with Crippen LogP contribution < -0.4 is 0 Å². The lowest BCUT2D eigenvalue weighted by Gasteiger charge is -1.99. The third kappa shape index (κ3) is 1.92. The Kier molecular flexibility index (Phi) is 2.86. The molecule has 0 bridgehead atoms. The third-order valence-electron chi connectivity index (χ3n) is 3.35. The van der Waals surface area contributed by atoms with Crippen LogP contribution in [0.4, 0.5) is 0 Å². The molecule has 96 valence electrons. The smallest absolute Gasteiger partial charge is 0.345 e. The highest BCUT2D eigenvalue weighted by Crippen LogP contribution is 2.44. The van der Waals surface area contributed by atoms with Gasteiger partial charge < -0.3 is 5.11 Å². The molecule has 0 atom stereocenters. The molecule has 4 nitrogen and oxygen atoms in total. The van der Waals surface area contributed by atoms with E-state index in [1.807, 2.05) is 4.68 Å². The summed E-state index contributed by atoms with van der Waals surface area (Å²) in [7, 11) is 0. The zero-order chi connectivity index (χ0) is 12.7. The van der Waals surface area contributed by atoms with Crippen LogP contribution in [0.3, 0.4) is 0 Å². The molecule has 1 fully saturated rings. The number of aromatic carboxylic acids is 1. The largest absolute Gasteiger partial charge is 0.477 e. The van der Waals surface area contributed by atoms with E-state index in [9.17, 15) is 4.79 Å². The highest BCUT2D eigenvalue weighted by atomic mass is 32.1. The molecule has 1 aliphatic carbocycles. The monoisotopic (exact) mass is 264 g/mol. The summed E-state index contributed by atoms with van der Waals surface area (Å²) in [6.07, 6.45) is 4.59. The maximum atomic E-state index is 11.1. The van der Waals surface area contributed by atoms with Gasteiger partial charge in [0, 0.05) is 17.8 Å². The van der Waals surface area contributed by atoms with E-state index in [4.69, 9.17) is 5.11 Å². The molecule has 1 N–H and O–H groups in total. The number of carbonyl (C=O) groups is 1. The number of fused-ring (bicyclic) bond motifs is 1. The number of unbranched alkanes of at least 4 members (excludes halogenated alkanes) is 1. The van der Waals surface area contributed by atoms with E-state index < -0.39 is 5.97 Å². The van der Waals surface area contributed by atoms with E-state index in [1.54, 1.807) is 6.07 Å². The van der Waals surface area contributed by atoms with Crippen molar-refractivity contribution in [3.05, 3.63) is 16.6 Å². The predicted octanol–water partition coefficient (Wildman–Crippen LogP) is 3.47. The molecule has 0 aromatic carbocycles. The van der Waals surface area contributed by atoms with Crippen molar-refractivity contribution < 1.29 is 9.90 Å². The summed E-state index contributed by atoms with van der Waals surface area (Å²) < 4.78 is 2.00. The Labute approximate surface area is 109 Å². The van der Waals surface area contributed by atoms with Gasteiger partial charge >= 0.3 is 5.97 Å². The molecule has 0 amide bonds. The Hall–Kier alpha value is -1.36. The number of aromatic nitrogens is 2. The topological polar surface area (TPSA) is 55.1 Å². The molecule has 1 saturated carbocycles. The van der Waals surface area contributed by atoms with Gasteiger partial charge in [-0.05, 0) is 25.3 Å². The van der Waals surface area contributed by atoms with Crippen molar-refractivity contribution >= 4 is 27.5 Å². The van der Waals surface area contributed by atoms with Crippen molar-refractivity contribution in [1.82, 2.24) is 9.78 Å². The van der Waals surface area contributed by atoms with Crippen LogP contribution in [0.15, 0.2) is 6.07 Å². The lowest BCUT2D eigenvalue weighted by molar-refractivity contribution is 0.0702. The first kappa shape index (κ1) is 11.7. The van der Waals surface area contributed by atoms with Crippen molar-refractivity contribution in [2.75, 3.05) is 0 Å². The van der Waals surface area contributed by atoms with E-state index in [-0.39, 0.29) is 0 Å². The number of hydrogen-bond donors (Lipinski definition) is 1. The predicted molar refractivity (Wildman–Crippen MR) is 71.5 cm³/mol. The van der Waals surface area contributed by atoms with Crippen molar-refractivity contribution in [2.45, 2.75) is 45.1 Å². The van der Waals surface area contributed by atoms with Crippen LogP contribution in [-0.2, 0) is 6.54 Å². The first-order valence-electron chi connectivity index (χ1n) is 6.44. The Bertz CT molecular complexity index is 595. The molecule has 2 heterocycles. The fraction of sp³-hybridized carbons (Fsp3) is 0.538. The Morgan fingerprint density at radius 1 is 1.61 bits per heavy atom. The number of carboxylic acids is 1. The Morgan fingerprint density at radius 3 is 3.00 bits per heavy atom. The minimum atomic E-state index is -0.833. The van der Waals surface area contributed by atoms with Gasteiger partial charge in [0.15, 0.2) is 0 Å². The molecule has 3 rings (SSSR count). The van der Waals surface area contributed by atoms with Crippen LogP contribution in [0.1, 0.15) is 53.9 Å². The second-order valence-corrected chi connectivity index (χ2v) is 5.90. The second-order valence-electron chi connectivity index (χ2n) is 4.87. The summed E-state index contributed by atoms with van der Waals surface area (Å²) in [5.74, 6) is -0.272. The summed E-state index contributed by atoms with van der Waals surface area (Å²) in [6, 6.07) is 1.80. The molecule has 0 unspecified atom stereocenters. The quantitative estimate of drug-likeness (QED) is 0.899. The Morgan fingerprint density at radius 2 is 2.39 bits per heavy atom. The van der Waals surface area contributed by atoms with Crippen molar-refractivity contribution in [3.8, 4) is 0 Å². The number of aryl methyl sites for hydroxylation is 1. The second kappa shape index (κ2) is 4.39. The molecule has 2 aromatic heterocycles. The van der Waals surface area contributed by atoms with Gasteiger partial charge in [-0.3, -0.25) is 4.68 Å². The van der Waals surface area contributed by atoms with Crippen LogP contribution in [0.5, 0.6) is 0 Å². The van der Waals surface area contributed by atoms with E-state index in [0.717, 1.165) is 35.3 Å². The van der Waals surface area contributed by atoms with Crippen LogP contribution in [0.2, 0.25) is 0 Å². The molecule has 1 aliphatic rings. The summed E-state index contributed by atoms with van der Waals surface area (Å²) in [5, 5.41) is 14.8. The third-order valence-corrected chi connectivity index (χ3v) is 4.49. The minimum absolute atomic E-state index is 0.426. The van der Waals surface area contributed by atoms with Gasteiger partial charge in [-0.2, -0.15) is 5.10 Å². The van der Waals surface area contributed by atoms with Gasteiger partial charge in [0.1, 0.15) is 9.71 Å². The van der Waals surface area contributed by atoms with Gasteiger partial charge in [0.25, 0.3) is 0 Å². The minimum Gasteiger partial charge on any atom is -0.477 e. The van der Waals surface area contributed by atoms with Crippen molar-refractivity contribution in [3.63, 3.8) is 0 Å². The normalized spacial score (nSPS) is 15.4. The molecular weight excluding hydrogens is 248 g/mol. The molecule has 0 spiro atoms. The summed E-state index contributed by atoms with van der Waals surface area (Å²) >= 11 is 1.35. The first-order chi connectivity index (χ1) is 8.70. The van der Waals surface area contributed by atoms with Gasteiger partial charge in [-0.25, -0.2) is 4.79 Å². The molecule has 0 saturated heterocycles. The van der Waals surface area contributed by atoms with Crippen LogP contribution in [0.25, 0.3) is 10.2 Å². The molecule has 0 aliphatic heterocycles. The average molecular weight is 264 g/mol. The van der Waals surface area contributed by atoms with E-state index in [1.165, 1.54) is 24.2 Å². The van der Waals surface area contributed by atoms with Gasteiger partial charge in [-0.15, -0.1) is 11.3 Å². The van der Waals surface area contributed by atoms with Crippen LogP contribution >= 0.6 is 11.3 Å². The number of rotatable bonds is 5. The fourth-order valence-corrected chi connectivity index (χ4v) is 3.19. The summed E-state index contributed by atoms with van der Waals surface area (Å²) in [4.78, 5) is 12.5. The molecular formula is C13H16N2O2S. The SMILES string of the molecule is CCCCn1nc(C2CC2)c2cc(C(=O)O)sc21. The first-order valence-corrected chi connectivity index (χ1v) is 7.26. The number of hydrogen-bond acceptors (Lipinski definition) is 3. The Balaban J connectivity index is 2.07. The highest BCUT2D eigenvalue weighted by Gasteiger charge is 2.30.